The lowest BCUT2D eigenvalue weighted by molar-refractivity contribution is -0.129. The van der Waals surface area contributed by atoms with Crippen LogP contribution in [0.5, 0.6) is 0 Å². The number of methoxy groups -OCH3 is 1. The summed E-state index contributed by atoms with van der Waals surface area (Å²) in [5.74, 6) is 1.74. The molecule has 0 aromatic carbocycles. The van der Waals surface area contributed by atoms with Gasteiger partial charge in [0.1, 0.15) is 0 Å². The van der Waals surface area contributed by atoms with Gasteiger partial charge < -0.3 is 14.5 Å². The third-order valence-electron chi connectivity index (χ3n) is 4.03. The number of carbonyl (C=O) groups is 1. The van der Waals surface area contributed by atoms with Crippen molar-refractivity contribution in [3.8, 4) is 0 Å². The van der Waals surface area contributed by atoms with Crippen LogP contribution in [0.15, 0.2) is 12.4 Å². The van der Waals surface area contributed by atoms with Gasteiger partial charge in [-0.1, -0.05) is 0 Å². The highest BCUT2D eigenvalue weighted by molar-refractivity contribution is 7.99. The topological polar surface area (TPSA) is 50.6 Å². The Morgan fingerprint density at radius 1 is 1.43 bits per heavy atom. The van der Waals surface area contributed by atoms with Gasteiger partial charge in [-0.3, -0.25) is 9.48 Å². The molecule has 0 saturated carbocycles. The number of rotatable bonds is 10. The molecule has 0 bridgehead atoms. The van der Waals surface area contributed by atoms with Crippen LogP contribution in [-0.2, 0) is 23.1 Å². The maximum Gasteiger partial charge on any atom is 0.232 e. The second-order valence-corrected chi connectivity index (χ2v) is 7.04. The fourth-order valence-electron chi connectivity index (χ4n) is 2.72. The molecule has 0 spiro atoms. The van der Waals surface area contributed by atoms with Crippen molar-refractivity contribution in [1.29, 1.82) is 0 Å². The quantitative estimate of drug-likeness (QED) is 0.600. The van der Waals surface area contributed by atoms with Crippen molar-refractivity contribution in [2.45, 2.75) is 19.4 Å². The van der Waals surface area contributed by atoms with Crippen molar-refractivity contribution in [3.63, 3.8) is 0 Å². The van der Waals surface area contributed by atoms with Crippen LogP contribution in [0.25, 0.3) is 0 Å². The number of carbonyl (C=O) groups excluding carboxylic acids is 1. The normalized spacial score (nSPS) is 15.2. The largest absolute Gasteiger partial charge is 0.383 e. The van der Waals surface area contributed by atoms with Crippen LogP contribution in [0, 0.1) is 0 Å². The molecule has 1 aromatic heterocycles. The molecule has 1 aromatic rings. The Balaban J connectivity index is 1.73. The highest BCUT2D eigenvalue weighted by Crippen LogP contribution is 2.11. The van der Waals surface area contributed by atoms with Crippen molar-refractivity contribution >= 4 is 17.7 Å². The molecule has 0 unspecified atom stereocenters. The highest BCUT2D eigenvalue weighted by atomic mass is 32.2. The molecule has 0 radical (unpaired) electrons. The lowest BCUT2D eigenvalue weighted by atomic mass is 10.3. The maximum absolute atomic E-state index is 12.5. The van der Waals surface area contributed by atoms with Gasteiger partial charge in [0.2, 0.25) is 5.91 Å². The van der Waals surface area contributed by atoms with E-state index < -0.39 is 0 Å². The number of likely N-dealkylation sites (tertiary alicyclic amines) is 1. The summed E-state index contributed by atoms with van der Waals surface area (Å²) < 4.78 is 6.89. The zero-order chi connectivity index (χ0) is 16.5. The Morgan fingerprint density at radius 3 is 2.87 bits per heavy atom. The van der Waals surface area contributed by atoms with E-state index in [0.29, 0.717) is 25.4 Å². The Hall–Kier alpha value is -1.05. The Labute approximate surface area is 143 Å². The molecule has 2 rings (SSSR count). The third kappa shape index (κ3) is 6.53. The molecule has 6 nitrogen and oxygen atoms in total. The minimum absolute atomic E-state index is 0.178. The van der Waals surface area contributed by atoms with Crippen molar-refractivity contribution in [2.75, 3.05) is 51.4 Å². The molecule has 1 aliphatic heterocycles. The summed E-state index contributed by atoms with van der Waals surface area (Å²) in [5, 5.41) is 4.17. The molecule has 1 amide bonds. The minimum Gasteiger partial charge on any atom is -0.383 e. The van der Waals surface area contributed by atoms with Gasteiger partial charge in [0.15, 0.2) is 0 Å². The SMILES string of the molecule is COCCN(Cc1cnn(C)c1)C(=O)CSCCN1CCCC1. The molecular formula is C16H28N4O2S. The number of ether oxygens (including phenoxy) is 1. The number of hydrogen-bond donors (Lipinski definition) is 0. The summed E-state index contributed by atoms with van der Waals surface area (Å²) in [6.07, 6.45) is 6.40. The van der Waals surface area contributed by atoms with E-state index in [0.717, 1.165) is 17.9 Å². The zero-order valence-corrected chi connectivity index (χ0v) is 15.1. The van der Waals surface area contributed by atoms with E-state index in [4.69, 9.17) is 4.74 Å². The summed E-state index contributed by atoms with van der Waals surface area (Å²) >= 11 is 1.73. The lowest BCUT2D eigenvalue weighted by Crippen LogP contribution is -2.35. The summed E-state index contributed by atoms with van der Waals surface area (Å²) in [6.45, 7) is 5.31. The van der Waals surface area contributed by atoms with Gasteiger partial charge in [-0.15, -0.1) is 0 Å². The zero-order valence-electron chi connectivity index (χ0n) is 14.2. The van der Waals surface area contributed by atoms with Crippen LogP contribution in [0.2, 0.25) is 0 Å². The van der Waals surface area contributed by atoms with E-state index in [1.165, 1.54) is 25.9 Å². The van der Waals surface area contributed by atoms with Gasteiger partial charge in [-0.25, -0.2) is 0 Å². The molecule has 130 valence electrons. The van der Waals surface area contributed by atoms with Crippen LogP contribution < -0.4 is 0 Å². The van der Waals surface area contributed by atoms with E-state index in [1.54, 1.807) is 23.6 Å². The van der Waals surface area contributed by atoms with Crippen LogP contribution >= 0.6 is 11.8 Å². The molecule has 1 fully saturated rings. The fourth-order valence-corrected chi connectivity index (χ4v) is 3.61. The maximum atomic E-state index is 12.5. The van der Waals surface area contributed by atoms with Crippen LogP contribution in [-0.4, -0.2) is 76.9 Å². The lowest BCUT2D eigenvalue weighted by Gasteiger charge is -2.22. The Kier molecular flexibility index (Phi) is 7.91. The summed E-state index contributed by atoms with van der Waals surface area (Å²) in [4.78, 5) is 16.8. The Bertz CT molecular complexity index is 474. The van der Waals surface area contributed by atoms with Crippen LogP contribution in [0.1, 0.15) is 18.4 Å². The Morgan fingerprint density at radius 2 is 2.22 bits per heavy atom. The van der Waals surface area contributed by atoms with Gasteiger partial charge in [0.25, 0.3) is 0 Å². The molecule has 1 aliphatic rings. The van der Waals surface area contributed by atoms with E-state index in [1.807, 2.05) is 24.3 Å². The van der Waals surface area contributed by atoms with E-state index in [2.05, 4.69) is 10.00 Å². The van der Waals surface area contributed by atoms with Gasteiger partial charge in [0.05, 0.1) is 18.6 Å². The van der Waals surface area contributed by atoms with Crippen molar-refractivity contribution in [2.24, 2.45) is 7.05 Å². The van der Waals surface area contributed by atoms with E-state index in [-0.39, 0.29) is 5.91 Å². The smallest absolute Gasteiger partial charge is 0.232 e. The summed E-state index contributed by atoms with van der Waals surface area (Å²) in [7, 11) is 3.55. The number of aryl methyl sites for hydroxylation is 1. The standard InChI is InChI=1S/C16H28N4O2S/c1-18-12-15(11-17-18)13-20(7-9-22-2)16(21)14-23-10-8-19-5-3-4-6-19/h11-12H,3-10,13-14H2,1-2H3. The predicted molar refractivity (Wildman–Crippen MR) is 93.5 cm³/mol. The van der Waals surface area contributed by atoms with E-state index >= 15 is 0 Å². The van der Waals surface area contributed by atoms with Crippen LogP contribution in [0.4, 0.5) is 0 Å². The molecular weight excluding hydrogens is 312 g/mol. The van der Waals surface area contributed by atoms with E-state index in [9.17, 15) is 4.79 Å². The van der Waals surface area contributed by atoms with Crippen LogP contribution in [0.3, 0.4) is 0 Å². The summed E-state index contributed by atoms with van der Waals surface area (Å²) in [5.41, 5.74) is 1.05. The first-order chi connectivity index (χ1) is 11.2. The number of amides is 1. The fraction of sp³-hybridized carbons (Fsp3) is 0.750. The van der Waals surface area contributed by atoms with Gasteiger partial charge in [-0.05, 0) is 25.9 Å². The predicted octanol–water partition coefficient (Wildman–Crippen LogP) is 1.22. The van der Waals surface area contributed by atoms with Gasteiger partial charge in [-0.2, -0.15) is 16.9 Å². The van der Waals surface area contributed by atoms with Crippen molar-refractivity contribution in [1.82, 2.24) is 19.6 Å². The second-order valence-electron chi connectivity index (χ2n) is 5.93. The molecule has 2 heterocycles. The minimum atomic E-state index is 0.178. The average molecular weight is 340 g/mol. The first-order valence-corrected chi connectivity index (χ1v) is 9.39. The first kappa shape index (κ1) is 18.3. The summed E-state index contributed by atoms with van der Waals surface area (Å²) in [6, 6.07) is 0. The molecule has 1 saturated heterocycles. The molecule has 0 aliphatic carbocycles. The number of thioether (sulfide) groups is 1. The van der Waals surface area contributed by atoms with Gasteiger partial charge in [0, 0.05) is 51.3 Å². The molecule has 23 heavy (non-hydrogen) atoms. The second kappa shape index (κ2) is 9.95. The van der Waals surface area contributed by atoms with Crippen molar-refractivity contribution in [3.05, 3.63) is 18.0 Å². The first-order valence-electron chi connectivity index (χ1n) is 8.23. The number of nitrogens with zero attached hydrogens (tertiary/aromatic N) is 4. The third-order valence-corrected chi connectivity index (χ3v) is 4.95. The number of hydrogen-bond acceptors (Lipinski definition) is 5. The molecule has 0 N–H and O–H groups in total. The average Bonchev–Trinajstić information content (AvgIpc) is 3.19. The van der Waals surface area contributed by atoms with Gasteiger partial charge >= 0.3 is 0 Å². The molecule has 0 atom stereocenters. The van der Waals surface area contributed by atoms with Crippen molar-refractivity contribution < 1.29 is 9.53 Å². The number of aromatic nitrogens is 2. The monoisotopic (exact) mass is 340 g/mol. The molecule has 7 heteroatoms. The highest BCUT2D eigenvalue weighted by Gasteiger charge is 2.15.